The largest absolute Gasteiger partial charge is 0.317 e. The van der Waals surface area contributed by atoms with Crippen molar-refractivity contribution in [1.29, 1.82) is 5.41 Å². The summed E-state index contributed by atoms with van der Waals surface area (Å²) in [5.41, 5.74) is 4.07. The van der Waals surface area contributed by atoms with Gasteiger partial charge in [-0.3, -0.25) is 5.41 Å². The molecule has 0 aliphatic heterocycles. The Morgan fingerprint density at radius 3 is 2.74 bits per heavy atom. The molecule has 1 aliphatic rings. The van der Waals surface area contributed by atoms with E-state index in [2.05, 4.69) is 35.8 Å². The van der Waals surface area contributed by atoms with Crippen LogP contribution < -0.4 is 4.80 Å². The minimum atomic E-state index is 0. The van der Waals surface area contributed by atoms with Crippen LogP contribution in [-0.4, -0.2) is 4.57 Å². The Kier molecular flexibility index (Phi) is 4.63. The van der Waals surface area contributed by atoms with Gasteiger partial charge in [0.15, 0.2) is 4.80 Å². The summed E-state index contributed by atoms with van der Waals surface area (Å²) >= 11 is 1.67. The highest BCUT2D eigenvalue weighted by Crippen LogP contribution is 2.24. The van der Waals surface area contributed by atoms with Gasteiger partial charge in [-0.1, -0.05) is 24.3 Å². The average molecular weight is 339 g/mol. The van der Waals surface area contributed by atoms with Gasteiger partial charge >= 0.3 is 0 Å². The molecule has 0 atom stereocenters. The first-order valence-corrected chi connectivity index (χ1v) is 7.38. The summed E-state index contributed by atoms with van der Waals surface area (Å²) in [7, 11) is 0. The minimum Gasteiger partial charge on any atom is -0.317 e. The quantitative estimate of drug-likeness (QED) is 0.861. The smallest absolute Gasteiger partial charge is 0.182 e. The Labute approximate surface area is 128 Å². The predicted molar refractivity (Wildman–Crippen MR) is 85.4 cm³/mol. The molecule has 102 valence electrons. The molecule has 0 fully saturated rings. The maximum absolute atomic E-state index is 8.17. The second-order valence-electron chi connectivity index (χ2n) is 5.00. The van der Waals surface area contributed by atoms with Crippen LogP contribution in [0.1, 0.15) is 34.5 Å². The highest BCUT2D eigenvalue weighted by atomic mass is 79.9. The van der Waals surface area contributed by atoms with Gasteiger partial charge in [0, 0.05) is 10.6 Å². The first-order valence-electron chi connectivity index (χ1n) is 6.56. The molecule has 0 bridgehead atoms. The van der Waals surface area contributed by atoms with Crippen molar-refractivity contribution in [1.82, 2.24) is 4.57 Å². The number of hydrogen-bond acceptors (Lipinski definition) is 2. The fourth-order valence-corrected chi connectivity index (χ4v) is 3.77. The Balaban J connectivity index is 0.00000133. The Hall–Kier alpha value is -0.870. The summed E-state index contributed by atoms with van der Waals surface area (Å²) in [4.78, 5) is 2.16. The SMILES string of the molecule is Br.Cc1ccccc1Cn1c2c(sc1=N)CCCC2. The molecule has 0 radical (unpaired) electrons. The fraction of sp³-hybridized carbons (Fsp3) is 0.400. The number of fused-ring (bicyclic) bond motifs is 1. The third-order valence-corrected chi connectivity index (χ3v) is 4.87. The van der Waals surface area contributed by atoms with E-state index in [4.69, 9.17) is 5.41 Å². The number of thiazole rings is 1. The lowest BCUT2D eigenvalue weighted by Gasteiger charge is -2.15. The van der Waals surface area contributed by atoms with Gasteiger partial charge in [-0.2, -0.15) is 0 Å². The van der Waals surface area contributed by atoms with Crippen molar-refractivity contribution in [3.8, 4) is 0 Å². The van der Waals surface area contributed by atoms with Crippen LogP contribution in [0.4, 0.5) is 0 Å². The van der Waals surface area contributed by atoms with Crippen molar-refractivity contribution >= 4 is 28.3 Å². The van der Waals surface area contributed by atoms with E-state index in [-0.39, 0.29) is 17.0 Å². The van der Waals surface area contributed by atoms with Crippen molar-refractivity contribution in [2.75, 3.05) is 0 Å². The van der Waals surface area contributed by atoms with Gasteiger partial charge in [0.2, 0.25) is 0 Å². The van der Waals surface area contributed by atoms with Gasteiger partial charge in [-0.15, -0.1) is 28.3 Å². The highest BCUT2D eigenvalue weighted by Gasteiger charge is 2.16. The molecule has 3 rings (SSSR count). The molecule has 1 heterocycles. The predicted octanol–water partition coefficient (Wildman–Crippen LogP) is 3.84. The zero-order valence-corrected chi connectivity index (χ0v) is 13.6. The number of nitrogens with one attached hydrogen (secondary N) is 1. The average Bonchev–Trinajstić information content (AvgIpc) is 2.69. The van der Waals surface area contributed by atoms with Crippen LogP contribution >= 0.6 is 28.3 Å². The van der Waals surface area contributed by atoms with Gasteiger partial charge in [-0.25, -0.2) is 0 Å². The van der Waals surface area contributed by atoms with Gasteiger partial charge in [0.25, 0.3) is 0 Å². The van der Waals surface area contributed by atoms with Gasteiger partial charge in [0.1, 0.15) is 0 Å². The summed E-state index contributed by atoms with van der Waals surface area (Å²) in [5.74, 6) is 0. The van der Waals surface area contributed by atoms with Gasteiger partial charge < -0.3 is 4.57 Å². The van der Waals surface area contributed by atoms with Gasteiger partial charge in [-0.05, 0) is 43.7 Å². The summed E-state index contributed by atoms with van der Waals surface area (Å²) in [6.45, 7) is 3.01. The molecular weight excluding hydrogens is 320 g/mol. The van der Waals surface area contributed by atoms with Crippen molar-refractivity contribution in [2.24, 2.45) is 0 Å². The lowest BCUT2D eigenvalue weighted by atomic mass is 10.0. The zero-order valence-electron chi connectivity index (χ0n) is 11.1. The van der Waals surface area contributed by atoms with Crippen LogP contribution in [0.15, 0.2) is 24.3 Å². The van der Waals surface area contributed by atoms with Crippen LogP contribution in [0.25, 0.3) is 0 Å². The van der Waals surface area contributed by atoms with Crippen LogP contribution in [0, 0.1) is 12.3 Å². The lowest BCUT2D eigenvalue weighted by Crippen LogP contribution is -2.18. The third kappa shape index (κ3) is 2.84. The fourth-order valence-electron chi connectivity index (χ4n) is 2.68. The second-order valence-corrected chi connectivity index (χ2v) is 6.08. The molecule has 0 saturated carbocycles. The van der Waals surface area contributed by atoms with E-state index in [1.54, 1.807) is 11.3 Å². The first kappa shape index (κ1) is 14.5. The van der Waals surface area contributed by atoms with Crippen LogP contribution in [0.5, 0.6) is 0 Å². The molecule has 0 spiro atoms. The summed E-state index contributed by atoms with van der Waals surface area (Å²) in [6.07, 6.45) is 4.89. The topological polar surface area (TPSA) is 28.8 Å². The Morgan fingerprint density at radius 2 is 1.95 bits per heavy atom. The number of aryl methyl sites for hydroxylation is 2. The van der Waals surface area contributed by atoms with Crippen LogP contribution in [0.2, 0.25) is 0 Å². The van der Waals surface area contributed by atoms with Crippen molar-refractivity contribution in [3.05, 3.63) is 50.8 Å². The number of aromatic nitrogens is 1. The number of halogens is 1. The molecule has 1 aromatic heterocycles. The number of rotatable bonds is 2. The standard InChI is InChI=1S/C15H18N2S.BrH/c1-11-6-2-3-7-12(11)10-17-13-8-4-5-9-14(13)18-15(17)16;/h2-3,6-7,16H,4-5,8-10H2,1H3;1H. The molecule has 1 aromatic carbocycles. The summed E-state index contributed by atoms with van der Waals surface area (Å²) in [6, 6.07) is 8.49. The number of hydrogen-bond donors (Lipinski definition) is 1. The second kappa shape index (κ2) is 6.06. The molecule has 1 N–H and O–H groups in total. The maximum atomic E-state index is 8.17. The molecule has 19 heavy (non-hydrogen) atoms. The zero-order chi connectivity index (χ0) is 12.5. The monoisotopic (exact) mass is 338 g/mol. The number of benzene rings is 1. The van der Waals surface area contributed by atoms with Crippen molar-refractivity contribution in [3.63, 3.8) is 0 Å². The van der Waals surface area contributed by atoms with E-state index in [1.807, 2.05) is 0 Å². The molecule has 4 heteroatoms. The molecule has 2 aromatic rings. The highest BCUT2D eigenvalue weighted by molar-refractivity contribution is 8.93. The van der Waals surface area contributed by atoms with E-state index in [9.17, 15) is 0 Å². The maximum Gasteiger partial charge on any atom is 0.182 e. The molecule has 0 amide bonds. The molecular formula is C15H19BrN2S. The van der Waals surface area contributed by atoms with Crippen molar-refractivity contribution in [2.45, 2.75) is 39.2 Å². The molecule has 1 aliphatic carbocycles. The van der Waals surface area contributed by atoms with Crippen LogP contribution in [-0.2, 0) is 19.4 Å². The summed E-state index contributed by atoms with van der Waals surface area (Å²) < 4.78 is 2.21. The first-order chi connectivity index (χ1) is 8.75. The van der Waals surface area contributed by atoms with Crippen LogP contribution in [0.3, 0.4) is 0 Å². The Morgan fingerprint density at radius 1 is 1.21 bits per heavy atom. The third-order valence-electron chi connectivity index (χ3n) is 3.77. The molecule has 2 nitrogen and oxygen atoms in total. The molecule has 0 unspecified atom stereocenters. The lowest BCUT2D eigenvalue weighted by molar-refractivity contribution is 0.618. The van der Waals surface area contributed by atoms with E-state index >= 15 is 0 Å². The number of nitrogens with zero attached hydrogens (tertiary/aromatic N) is 1. The molecule has 0 saturated heterocycles. The van der Waals surface area contributed by atoms with E-state index < -0.39 is 0 Å². The minimum absolute atomic E-state index is 0. The van der Waals surface area contributed by atoms with Gasteiger partial charge in [0.05, 0.1) is 6.54 Å². The van der Waals surface area contributed by atoms with Crippen molar-refractivity contribution < 1.29 is 0 Å². The van der Waals surface area contributed by atoms with E-state index in [0.717, 1.165) is 13.0 Å². The van der Waals surface area contributed by atoms with E-state index in [0.29, 0.717) is 4.80 Å². The normalized spacial score (nSPS) is 13.7. The Bertz CT molecular complexity index is 627. The van der Waals surface area contributed by atoms with E-state index in [1.165, 1.54) is 41.0 Å². The summed E-state index contributed by atoms with van der Waals surface area (Å²) in [5, 5.41) is 8.17.